The van der Waals surface area contributed by atoms with Gasteiger partial charge < -0.3 is 9.47 Å². The van der Waals surface area contributed by atoms with E-state index < -0.39 is 5.41 Å². The Hall–Kier alpha value is -8.20. The lowest BCUT2D eigenvalue weighted by Crippen LogP contribution is -2.33. The molecule has 1 aromatic heterocycles. The Morgan fingerprint density at radius 1 is 0.302 bits per heavy atom. The van der Waals surface area contributed by atoms with Gasteiger partial charge in [-0.15, -0.1) is 0 Å². The first-order chi connectivity index (χ1) is 31.3. The van der Waals surface area contributed by atoms with Gasteiger partial charge >= 0.3 is 0 Å². The fraction of sp³-hybridized carbons (Fsp3) is 0.0164. The van der Waals surface area contributed by atoms with Gasteiger partial charge in [0, 0.05) is 27.8 Å². The van der Waals surface area contributed by atoms with Crippen molar-refractivity contribution in [3.05, 3.63) is 265 Å². The average Bonchev–Trinajstić information content (AvgIpc) is 3.86. The van der Waals surface area contributed by atoms with E-state index in [1.807, 2.05) is 0 Å². The maximum Gasteiger partial charge on any atom is 0.0754 e. The highest BCUT2D eigenvalue weighted by atomic mass is 15.1. The zero-order valence-corrected chi connectivity index (χ0v) is 34.5. The minimum atomic E-state index is -0.506. The highest BCUT2D eigenvalue weighted by Crippen LogP contribution is 2.61. The Morgan fingerprint density at radius 2 is 0.778 bits per heavy atom. The first-order valence-corrected chi connectivity index (χ1v) is 21.8. The minimum Gasteiger partial charge on any atom is -0.310 e. The quantitative estimate of drug-likeness (QED) is 0.163. The number of hydrogen-bond acceptors (Lipinski definition) is 1. The van der Waals surface area contributed by atoms with E-state index in [0.29, 0.717) is 0 Å². The number of fused-ring (bicyclic) bond motifs is 12. The molecule has 0 bridgehead atoms. The molecule has 294 valence electrons. The van der Waals surface area contributed by atoms with E-state index in [4.69, 9.17) is 0 Å². The second-order valence-corrected chi connectivity index (χ2v) is 16.8. The molecule has 2 aliphatic rings. The lowest BCUT2D eigenvalue weighted by molar-refractivity contribution is 0.749. The molecule has 0 N–H and O–H groups in total. The van der Waals surface area contributed by atoms with Gasteiger partial charge in [0.05, 0.1) is 22.1 Å². The number of nitrogens with zero attached hydrogens (tertiary/aromatic N) is 2. The van der Waals surface area contributed by atoms with Crippen molar-refractivity contribution in [1.82, 2.24) is 4.57 Å². The lowest BCUT2D eigenvalue weighted by Gasteiger charge is -2.40. The first-order valence-electron chi connectivity index (χ1n) is 21.8. The molecule has 0 amide bonds. The molecule has 0 unspecified atom stereocenters. The largest absolute Gasteiger partial charge is 0.310 e. The zero-order chi connectivity index (χ0) is 41.5. The predicted octanol–water partition coefficient (Wildman–Crippen LogP) is 15.9. The van der Waals surface area contributed by atoms with Crippen LogP contribution < -0.4 is 4.90 Å². The number of para-hydroxylation sites is 3. The number of rotatable bonds is 6. The summed E-state index contributed by atoms with van der Waals surface area (Å²) >= 11 is 0. The Kier molecular flexibility index (Phi) is 7.85. The molecule has 0 atom stereocenters. The van der Waals surface area contributed by atoms with Crippen molar-refractivity contribution in [2.45, 2.75) is 5.41 Å². The molecule has 10 aromatic carbocycles. The first kappa shape index (κ1) is 35.5. The maximum absolute atomic E-state index is 2.53. The summed E-state index contributed by atoms with van der Waals surface area (Å²) in [6.45, 7) is 0. The lowest BCUT2D eigenvalue weighted by atomic mass is 9.65. The minimum absolute atomic E-state index is 0.506. The Balaban J connectivity index is 1.00. The van der Waals surface area contributed by atoms with Crippen molar-refractivity contribution in [2.24, 2.45) is 0 Å². The topological polar surface area (TPSA) is 8.17 Å². The SMILES string of the molecule is c1ccc(-c2cccc(-c3cccc(N(c4ccccc4)c4cccc(-c5ccc6c(c5)C5(c7ccccc7-c7ccccc75)c5cccc7c8ccccc8n-6c57)c4)c3)c2)cc1. The van der Waals surface area contributed by atoms with Crippen LogP contribution in [0.3, 0.4) is 0 Å². The van der Waals surface area contributed by atoms with Crippen molar-refractivity contribution in [3.63, 3.8) is 0 Å². The van der Waals surface area contributed by atoms with Crippen LogP contribution in [0.1, 0.15) is 22.3 Å². The van der Waals surface area contributed by atoms with E-state index in [0.717, 1.165) is 17.1 Å². The van der Waals surface area contributed by atoms with E-state index in [2.05, 4.69) is 252 Å². The van der Waals surface area contributed by atoms with Crippen LogP contribution >= 0.6 is 0 Å². The molecule has 0 saturated carbocycles. The summed E-state index contributed by atoms with van der Waals surface area (Å²) in [5.74, 6) is 0. The molecular weight excluding hydrogens is 761 g/mol. The molecule has 0 fully saturated rings. The van der Waals surface area contributed by atoms with Gasteiger partial charge in [0.2, 0.25) is 0 Å². The fourth-order valence-corrected chi connectivity index (χ4v) is 10.9. The van der Waals surface area contributed by atoms with Crippen LogP contribution in [-0.2, 0) is 5.41 Å². The van der Waals surface area contributed by atoms with Crippen LogP contribution in [0.25, 0.3) is 72.0 Å². The Bertz CT molecular complexity index is 3530. The molecule has 1 aliphatic carbocycles. The van der Waals surface area contributed by atoms with Gasteiger partial charge in [-0.25, -0.2) is 0 Å². The summed E-state index contributed by atoms with van der Waals surface area (Å²) in [6.07, 6.45) is 0. The van der Waals surface area contributed by atoms with Gasteiger partial charge in [0.15, 0.2) is 0 Å². The molecule has 0 radical (unpaired) electrons. The number of benzene rings is 10. The maximum atomic E-state index is 2.53. The second kappa shape index (κ2) is 13.9. The van der Waals surface area contributed by atoms with Gasteiger partial charge in [-0.1, -0.05) is 182 Å². The second-order valence-electron chi connectivity index (χ2n) is 16.8. The van der Waals surface area contributed by atoms with Crippen LogP contribution in [0.2, 0.25) is 0 Å². The van der Waals surface area contributed by atoms with E-state index in [1.165, 1.54) is 94.3 Å². The summed E-state index contributed by atoms with van der Waals surface area (Å²) in [5.41, 5.74) is 21.6. The van der Waals surface area contributed by atoms with Crippen molar-refractivity contribution >= 4 is 38.9 Å². The molecule has 2 nitrogen and oxygen atoms in total. The van der Waals surface area contributed by atoms with Crippen LogP contribution in [0, 0.1) is 0 Å². The van der Waals surface area contributed by atoms with Crippen molar-refractivity contribution in [1.29, 1.82) is 0 Å². The molecule has 63 heavy (non-hydrogen) atoms. The van der Waals surface area contributed by atoms with E-state index >= 15 is 0 Å². The Labute approximate surface area is 367 Å². The van der Waals surface area contributed by atoms with E-state index in [9.17, 15) is 0 Å². The van der Waals surface area contributed by atoms with Crippen molar-refractivity contribution < 1.29 is 0 Å². The third-order valence-electron chi connectivity index (χ3n) is 13.6. The fourth-order valence-electron chi connectivity index (χ4n) is 10.9. The van der Waals surface area contributed by atoms with Crippen LogP contribution in [0.5, 0.6) is 0 Å². The van der Waals surface area contributed by atoms with E-state index in [1.54, 1.807) is 0 Å². The summed E-state index contributed by atoms with van der Waals surface area (Å²) in [4.78, 5) is 2.39. The molecule has 1 aliphatic heterocycles. The van der Waals surface area contributed by atoms with Gasteiger partial charge in [0.1, 0.15) is 0 Å². The standard InChI is InChI=1S/C61H40N2/c1-3-17-41(18-4-1)42-19-13-20-43(37-42)44-21-14-25-48(38-44)62(47-23-5-2-6-24-47)49-26-15-22-45(39-49)46-35-36-59-57(40-46)61(54-31-10-7-27-50(54)51-28-8-11-32-55(51)61)56-33-16-30-53-52-29-9-12-34-58(52)63(59)60(53)56/h1-40H. The highest BCUT2D eigenvalue weighted by molar-refractivity contribution is 6.13. The smallest absolute Gasteiger partial charge is 0.0754 e. The van der Waals surface area contributed by atoms with Gasteiger partial charge in [-0.3, -0.25) is 0 Å². The zero-order valence-electron chi connectivity index (χ0n) is 34.5. The number of aromatic nitrogens is 1. The molecule has 0 saturated heterocycles. The van der Waals surface area contributed by atoms with Crippen molar-refractivity contribution in [3.8, 4) is 50.2 Å². The van der Waals surface area contributed by atoms with Crippen LogP contribution in [-0.4, -0.2) is 4.57 Å². The average molecular weight is 801 g/mol. The third kappa shape index (κ3) is 5.25. The van der Waals surface area contributed by atoms with Crippen molar-refractivity contribution in [2.75, 3.05) is 4.90 Å². The predicted molar refractivity (Wildman–Crippen MR) is 263 cm³/mol. The normalized spacial score (nSPS) is 12.9. The third-order valence-corrected chi connectivity index (χ3v) is 13.6. The van der Waals surface area contributed by atoms with E-state index in [-0.39, 0.29) is 0 Å². The van der Waals surface area contributed by atoms with Gasteiger partial charge in [0.25, 0.3) is 0 Å². The molecule has 2 heterocycles. The number of hydrogen-bond donors (Lipinski definition) is 0. The highest BCUT2D eigenvalue weighted by Gasteiger charge is 2.50. The van der Waals surface area contributed by atoms with Crippen LogP contribution in [0.4, 0.5) is 17.1 Å². The molecule has 2 heteroatoms. The summed E-state index contributed by atoms with van der Waals surface area (Å²) in [5, 5.41) is 2.57. The molecule has 1 spiro atoms. The summed E-state index contributed by atoms with van der Waals surface area (Å²) in [7, 11) is 0. The van der Waals surface area contributed by atoms with Crippen LogP contribution in [0.15, 0.2) is 243 Å². The number of anilines is 3. The summed E-state index contributed by atoms with van der Waals surface area (Å²) < 4.78 is 2.53. The summed E-state index contributed by atoms with van der Waals surface area (Å²) in [6, 6.07) is 89.5. The van der Waals surface area contributed by atoms with Gasteiger partial charge in [-0.05, 0) is 127 Å². The molecule has 13 rings (SSSR count). The monoisotopic (exact) mass is 800 g/mol. The van der Waals surface area contributed by atoms with Gasteiger partial charge in [-0.2, -0.15) is 0 Å². The molecule has 11 aromatic rings. The Morgan fingerprint density at radius 3 is 1.48 bits per heavy atom. The molecular formula is C61H40N2.